The van der Waals surface area contributed by atoms with Crippen LogP contribution in [0.25, 0.3) is 6.08 Å². The zero-order valence-electron chi connectivity index (χ0n) is 13.5. The number of primary amides is 1. The molecule has 2 rings (SSSR count). The van der Waals surface area contributed by atoms with E-state index in [2.05, 4.69) is 0 Å². The van der Waals surface area contributed by atoms with Gasteiger partial charge in [0.25, 0.3) is 11.6 Å². The van der Waals surface area contributed by atoms with E-state index in [1.54, 1.807) is 11.0 Å². The van der Waals surface area contributed by atoms with Crippen LogP contribution in [-0.2, 0) is 9.59 Å². The molecule has 1 unspecified atom stereocenters. The number of Topliss-reactive ketones (excluding diaryl/α,β-unsaturated/α-hetero) is 1. The molecule has 1 amide bonds. The van der Waals surface area contributed by atoms with E-state index in [1.165, 1.54) is 18.2 Å². The summed E-state index contributed by atoms with van der Waals surface area (Å²) in [5, 5.41) is 11.0. The van der Waals surface area contributed by atoms with Crippen molar-refractivity contribution < 1.29 is 14.5 Å². The number of hydrogen-bond donors (Lipinski definition) is 2. The first kappa shape index (κ1) is 18.9. The van der Waals surface area contributed by atoms with Crippen molar-refractivity contribution >= 4 is 35.1 Å². The molecule has 0 radical (unpaired) electrons. The van der Waals surface area contributed by atoms with E-state index in [1.807, 2.05) is 0 Å². The van der Waals surface area contributed by atoms with Crippen molar-refractivity contribution in [3.63, 3.8) is 0 Å². The van der Waals surface area contributed by atoms with Gasteiger partial charge in [0.1, 0.15) is 10.7 Å². The predicted molar refractivity (Wildman–Crippen MR) is 93.7 cm³/mol. The molecule has 25 heavy (non-hydrogen) atoms. The number of carbonyl (C=O) groups is 2. The van der Waals surface area contributed by atoms with Gasteiger partial charge in [0.2, 0.25) is 0 Å². The van der Waals surface area contributed by atoms with Gasteiger partial charge in [-0.25, -0.2) is 0 Å². The van der Waals surface area contributed by atoms with E-state index in [0.717, 1.165) is 0 Å². The number of carbonyl (C=O) groups excluding carboxylic acids is 2. The van der Waals surface area contributed by atoms with Gasteiger partial charge in [0.05, 0.1) is 11.0 Å². The summed E-state index contributed by atoms with van der Waals surface area (Å²) in [5.74, 6) is -0.673. The molecule has 0 spiro atoms. The number of hydrogen-bond acceptors (Lipinski definition) is 6. The largest absolute Gasteiger partial charge is 0.364 e. The molecule has 1 heterocycles. The fourth-order valence-corrected chi connectivity index (χ4v) is 3.04. The maximum Gasteiger partial charge on any atom is 0.288 e. The molecule has 1 aliphatic heterocycles. The molecule has 1 aromatic carbocycles. The second kappa shape index (κ2) is 8.09. The second-order valence-electron chi connectivity index (χ2n) is 5.72. The number of ketones is 1. The van der Waals surface area contributed by atoms with Gasteiger partial charge in [-0.15, -0.1) is 0 Å². The molecular weight excluding hydrogens is 348 g/mol. The Balaban J connectivity index is 2.39. The lowest BCUT2D eigenvalue weighted by atomic mass is 10.1. The highest BCUT2D eigenvalue weighted by molar-refractivity contribution is 6.32. The van der Waals surface area contributed by atoms with Crippen molar-refractivity contribution in [2.24, 2.45) is 11.5 Å². The van der Waals surface area contributed by atoms with Crippen molar-refractivity contribution in [2.75, 3.05) is 13.1 Å². The molecule has 0 bridgehead atoms. The topological polar surface area (TPSA) is 133 Å². The minimum Gasteiger partial charge on any atom is -0.364 e. The lowest BCUT2D eigenvalue weighted by molar-refractivity contribution is -0.384. The van der Waals surface area contributed by atoms with Gasteiger partial charge in [0.15, 0.2) is 5.78 Å². The Morgan fingerprint density at radius 3 is 2.80 bits per heavy atom. The van der Waals surface area contributed by atoms with Crippen LogP contribution in [-0.4, -0.2) is 40.6 Å². The Morgan fingerprint density at radius 1 is 1.48 bits per heavy atom. The number of likely N-dealkylation sites (tertiary alicyclic amines) is 1. The van der Waals surface area contributed by atoms with Crippen LogP contribution in [0.5, 0.6) is 0 Å². The molecule has 0 aromatic heterocycles. The molecule has 1 aliphatic rings. The number of rotatable bonds is 7. The fraction of sp³-hybridized carbons (Fsp3) is 0.375. The Bertz CT molecular complexity index is 735. The average Bonchev–Trinajstić information content (AvgIpc) is 2.92. The van der Waals surface area contributed by atoms with Crippen LogP contribution in [0.15, 0.2) is 23.9 Å². The Labute approximate surface area is 149 Å². The summed E-state index contributed by atoms with van der Waals surface area (Å²) in [7, 11) is 0. The highest BCUT2D eigenvalue weighted by Gasteiger charge is 2.34. The zero-order valence-corrected chi connectivity index (χ0v) is 14.2. The quantitative estimate of drug-likeness (QED) is 0.426. The van der Waals surface area contributed by atoms with Crippen LogP contribution in [0.1, 0.15) is 24.8 Å². The second-order valence-corrected chi connectivity index (χ2v) is 6.13. The summed E-state index contributed by atoms with van der Waals surface area (Å²) < 4.78 is 0. The van der Waals surface area contributed by atoms with Crippen molar-refractivity contribution in [3.8, 4) is 0 Å². The predicted octanol–water partition coefficient (Wildman–Crippen LogP) is 1.46. The molecule has 134 valence electrons. The Morgan fingerprint density at radius 2 is 2.20 bits per heavy atom. The summed E-state index contributed by atoms with van der Waals surface area (Å²) in [5.41, 5.74) is 11.3. The van der Waals surface area contributed by atoms with Gasteiger partial charge in [-0.05, 0) is 37.1 Å². The van der Waals surface area contributed by atoms with Gasteiger partial charge < -0.3 is 16.4 Å². The van der Waals surface area contributed by atoms with E-state index in [4.69, 9.17) is 23.1 Å². The lowest BCUT2D eigenvalue weighted by Gasteiger charge is -2.26. The van der Waals surface area contributed by atoms with Crippen LogP contribution >= 0.6 is 11.6 Å². The number of halogens is 1. The van der Waals surface area contributed by atoms with Gasteiger partial charge >= 0.3 is 0 Å². The number of nitro benzene ring substituents is 1. The normalized spacial score (nSPS) is 17.8. The van der Waals surface area contributed by atoms with E-state index in [-0.39, 0.29) is 22.2 Å². The molecule has 1 fully saturated rings. The fourth-order valence-electron chi connectivity index (χ4n) is 2.86. The Hall–Kier alpha value is -2.45. The maximum atomic E-state index is 12.1. The minimum atomic E-state index is -0.704. The smallest absolute Gasteiger partial charge is 0.288 e. The molecule has 1 saturated heterocycles. The molecule has 0 aliphatic carbocycles. The number of amides is 1. The van der Waals surface area contributed by atoms with Crippen LogP contribution in [0, 0.1) is 10.1 Å². The van der Waals surface area contributed by atoms with Crippen LogP contribution < -0.4 is 11.5 Å². The van der Waals surface area contributed by atoms with Crippen molar-refractivity contribution in [3.05, 3.63) is 44.6 Å². The zero-order chi connectivity index (χ0) is 18.6. The van der Waals surface area contributed by atoms with Gasteiger partial charge in [-0.1, -0.05) is 17.7 Å². The molecule has 8 nitrogen and oxygen atoms in total. The molecule has 4 N–H and O–H groups in total. The van der Waals surface area contributed by atoms with Crippen LogP contribution in [0.2, 0.25) is 5.02 Å². The monoisotopic (exact) mass is 366 g/mol. The van der Waals surface area contributed by atoms with E-state index < -0.39 is 16.9 Å². The first-order valence-electron chi connectivity index (χ1n) is 7.80. The summed E-state index contributed by atoms with van der Waals surface area (Å²) >= 11 is 5.80. The van der Waals surface area contributed by atoms with E-state index >= 15 is 0 Å². The number of benzene rings is 1. The van der Waals surface area contributed by atoms with Crippen molar-refractivity contribution in [1.82, 2.24) is 4.90 Å². The first-order chi connectivity index (χ1) is 11.8. The summed E-state index contributed by atoms with van der Waals surface area (Å²) in [4.78, 5) is 36.1. The standard InChI is InChI=1S/C16H19ClN4O4/c17-11-4-3-10(8-13(11)21(24)25)9-14(16(19)23)20-7-5-15(22)12(20)2-1-6-18/h3-4,8-9,12H,1-2,5-7,18H2,(H2,19,23). The van der Waals surface area contributed by atoms with Crippen molar-refractivity contribution in [2.45, 2.75) is 25.3 Å². The van der Waals surface area contributed by atoms with Gasteiger partial charge in [0, 0.05) is 19.0 Å². The lowest BCUT2D eigenvalue weighted by Crippen LogP contribution is -2.37. The number of nitrogens with two attached hydrogens (primary N) is 2. The molecule has 1 aromatic rings. The van der Waals surface area contributed by atoms with Crippen LogP contribution in [0.4, 0.5) is 5.69 Å². The Kier molecular flexibility index (Phi) is 6.11. The third-order valence-electron chi connectivity index (χ3n) is 4.06. The SMILES string of the molecule is NCCCC1C(=O)CCN1C(=Cc1ccc(Cl)c([N+](=O)[O-])c1)C(N)=O. The number of nitro groups is 1. The van der Waals surface area contributed by atoms with E-state index in [9.17, 15) is 19.7 Å². The summed E-state index contributed by atoms with van der Waals surface area (Å²) in [6, 6.07) is 3.73. The molecule has 0 saturated carbocycles. The third-order valence-corrected chi connectivity index (χ3v) is 4.38. The highest BCUT2D eigenvalue weighted by atomic mass is 35.5. The number of nitrogens with zero attached hydrogens (tertiary/aromatic N) is 2. The minimum absolute atomic E-state index is 0.0000485. The molecule has 1 atom stereocenters. The van der Waals surface area contributed by atoms with Gasteiger partial charge in [-0.2, -0.15) is 0 Å². The van der Waals surface area contributed by atoms with Crippen LogP contribution in [0.3, 0.4) is 0 Å². The summed E-state index contributed by atoms with van der Waals surface area (Å²) in [6.07, 6.45) is 2.94. The molecular formula is C16H19ClN4O4. The third kappa shape index (κ3) is 4.34. The van der Waals surface area contributed by atoms with Gasteiger partial charge in [-0.3, -0.25) is 19.7 Å². The van der Waals surface area contributed by atoms with Crippen molar-refractivity contribution in [1.29, 1.82) is 0 Å². The summed E-state index contributed by atoms with van der Waals surface area (Å²) in [6.45, 7) is 0.815. The first-order valence-corrected chi connectivity index (χ1v) is 8.17. The maximum absolute atomic E-state index is 12.1. The highest BCUT2D eigenvalue weighted by Crippen LogP contribution is 2.28. The average molecular weight is 367 g/mol. The van der Waals surface area contributed by atoms with E-state index in [0.29, 0.717) is 37.9 Å². The molecule has 9 heteroatoms.